The van der Waals surface area contributed by atoms with Crippen molar-refractivity contribution in [2.45, 2.75) is 50.4 Å². The molecule has 0 saturated heterocycles. The molecule has 2 saturated carbocycles. The zero-order chi connectivity index (χ0) is 12.9. The van der Waals surface area contributed by atoms with E-state index in [2.05, 4.69) is 30.3 Å². The van der Waals surface area contributed by atoms with Gasteiger partial charge in [-0.25, -0.2) is 0 Å². The number of nitrogens with zero attached hydrogens (tertiary/aromatic N) is 1. The fraction of sp³-hybridized carbons (Fsp3) is 0.611. The van der Waals surface area contributed by atoms with Crippen molar-refractivity contribution in [1.82, 2.24) is 0 Å². The van der Waals surface area contributed by atoms with Gasteiger partial charge >= 0.3 is 0 Å². The molecule has 1 nitrogen and oxygen atoms in total. The van der Waals surface area contributed by atoms with Crippen molar-refractivity contribution in [1.29, 1.82) is 5.26 Å². The lowest BCUT2D eigenvalue weighted by Gasteiger charge is -2.30. The summed E-state index contributed by atoms with van der Waals surface area (Å²) in [6.07, 6.45) is 9.02. The highest BCUT2D eigenvalue weighted by molar-refractivity contribution is 5.44. The molecule has 4 unspecified atom stereocenters. The number of rotatable bonds is 2. The van der Waals surface area contributed by atoms with E-state index in [1.807, 2.05) is 0 Å². The first-order chi connectivity index (χ1) is 9.31. The van der Waals surface area contributed by atoms with Crippen LogP contribution < -0.4 is 0 Å². The Morgan fingerprint density at radius 2 is 2.11 bits per heavy atom. The van der Waals surface area contributed by atoms with E-state index in [1.54, 1.807) is 0 Å². The van der Waals surface area contributed by atoms with Gasteiger partial charge in [-0.2, -0.15) is 5.26 Å². The van der Waals surface area contributed by atoms with Crippen molar-refractivity contribution in [3.8, 4) is 6.07 Å². The second kappa shape index (κ2) is 4.10. The quantitative estimate of drug-likeness (QED) is 0.772. The molecule has 0 amide bonds. The van der Waals surface area contributed by atoms with Gasteiger partial charge in [-0.15, -0.1) is 0 Å². The van der Waals surface area contributed by atoms with E-state index in [4.69, 9.17) is 0 Å². The third-order valence-corrected chi connectivity index (χ3v) is 6.06. The minimum atomic E-state index is -0.161. The smallest absolute Gasteiger partial charge is 0.0831 e. The zero-order valence-corrected chi connectivity index (χ0v) is 11.4. The monoisotopic (exact) mass is 251 g/mol. The summed E-state index contributed by atoms with van der Waals surface area (Å²) in [6.45, 7) is 0. The maximum absolute atomic E-state index is 9.84. The van der Waals surface area contributed by atoms with Crippen molar-refractivity contribution >= 4 is 0 Å². The van der Waals surface area contributed by atoms with Crippen LogP contribution in [0.1, 0.15) is 49.7 Å². The minimum Gasteiger partial charge on any atom is -0.197 e. The topological polar surface area (TPSA) is 23.8 Å². The molecule has 2 fully saturated rings. The molecule has 1 aromatic rings. The molecule has 98 valence electrons. The Labute approximate surface area is 115 Å². The first-order valence-electron chi connectivity index (χ1n) is 7.80. The highest BCUT2D eigenvalue weighted by Gasteiger charge is 2.46. The lowest BCUT2D eigenvalue weighted by Crippen LogP contribution is -2.27. The highest BCUT2D eigenvalue weighted by atomic mass is 14.5. The summed E-state index contributed by atoms with van der Waals surface area (Å²) < 4.78 is 0. The van der Waals surface area contributed by atoms with Gasteiger partial charge in [-0.05, 0) is 67.4 Å². The van der Waals surface area contributed by atoms with Gasteiger partial charge in [0.2, 0.25) is 0 Å². The van der Waals surface area contributed by atoms with Crippen LogP contribution in [-0.4, -0.2) is 0 Å². The van der Waals surface area contributed by atoms with E-state index in [9.17, 15) is 5.26 Å². The molecule has 3 aliphatic rings. The Bertz CT molecular complexity index is 541. The van der Waals surface area contributed by atoms with Crippen LogP contribution in [0.2, 0.25) is 0 Å². The fourth-order valence-electron chi connectivity index (χ4n) is 5.14. The molecular formula is C18H21N. The number of benzene rings is 1. The summed E-state index contributed by atoms with van der Waals surface area (Å²) in [5.74, 6) is 2.75. The fourth-order valence-corrected chi connectivity index (χ4v) is 5.14. The van der Waals surface area contributed by atoms with E-state index < -0.39 is 0 Å². The second-order valence-electron chi connectivity index (χ2n) is 6.99. The molecular weight excluding hydrogens is 230 g/mol. The first-order valence-corrected chi connectivity index (χ1v) is 7.80. The van der Waals surface area contributed by atoms with Crippen LogP contribution in [0.25, 0.3) is 0 Å². The minimum absolute atomic E-state index is 0.161. The van der Waals surface area contributed by atoms with Gasteiger partial charge in [-0.1, -0.05) is 30.7 Å². The van der Waals surface area contributed by atoms with Gasteiger partial charge in [0.25, 0.3) is 0 Å². The largest absolute Gasteiger partial charge is 0.197 e. The third kappa shape index (κ3) is 1.66. The SMILES string of the molecule is N#CC1(CC2CC3CCC2C3)CCc2ccccc21. The summed E-state index contributed by atoms with van der Waals surface area (Å²) in [7, 11) is 0. The Hall–Kier alpha value is -1.29. The highest BCUT2D eigenvalue weighted by Crippen LogP contribution is 2.54. The molecule has 3 aliphatic carbocycles. The molecule has 1 aromatic carbocycles. The van der Waals surface area contributed by atoms with E-state index in [-0.39, 0.29) is 5.41 Å². The number of aryl methyl sites for hydroxylation is 1. The van der Waals surface area contributed by atoms with Crippen LogP contribution in [0, 0.1) is 29.1 Å². The summed E-state index contributed by atoms with van der Waals surface area (Å²) in [6, 6.07) is 11.4. The molecule has 0 N–H and O–H groups in total. The van der Waals surface area contributed by atoms with Crippen molar-refractivity contribution < 1.29 is 0 Å². The lowest BCUT2D eigenvalue weighted by molar-refractivity contribution is 0.268. The van der Waals surface area contributed by atoms with Gasteiger partial charge in [-0.3, -0.25) is 0 Å². The average molecular weight is 251 g/mol. The third-order valence-electron chi connectivity index (χ3n) is 6.06. The molecule has 0 aliphatic heterocycles. The lowest BCUT2D eigenvalue weighted by atomic mass is 9.72. The number of hydrogen-bond donors (Lipinski definition) is 0. The standard InChI is InChI=1S/C18H21N/c19-12-18(8-7-14-3-1-2-4-17(14)18)11-16-10-13-5-6-15(16)9-13/h1-4,13,15-16H,5-11H2. The molecule has 4 atom stereocenters. The van der Waals surface area contributed by atoms with E-state index >= 15 is 0 Å². The van der Waals surface area contributed by atoms with Crippen molar-refractivity contribution in [2.75, 3.05) is 0 Å². The first kappa shape index (κ1) is 11.5. The van der Waals surface area contributed by atoms with Crippen LogP contribution in [0.15, 0.2) is 24.3 Å². The molecule has 2 bridgehead atoms. The normalized spacial score (nSPS) is 39.2. The van der Waals surface area contributed by atoms with E-state index in [0.29, 0.717) is 0 Å². The zero-order valence-electron chi connectivity index (χ0n) is 11.4. The number of nitriles is 1. The maximum Gasteiger partial charge on any atom is 0.0831 e. The molecule has 19 heavy (non-hydrogen) atoms. The summed E-state index contributed by atoms with van der Waals surface area (Å²) in [4.78, 5) is 0. The molecule has 0 heterocycles. The van der Waals surface area contributed by atoms with Crippen LogP contribution in [0.5, 0.6) is 0 Å². The molecule has 0 aromatic heterocycles. The van der Waals surface area contributed by atoms with E-state index in [0.717, 1.165) is 37.0 Å². The summed E-state index contributed by atoms with van der Waals surface area (Å²) in [5.41, 5.74) is 2.61. The van der Waals surface area contributed by atoms with Gasteiger partial charge in [0, 0.05) is 0 Å². The average Bonchev–Trinajstić information content (AvgIpc) is 3.14. The van der Waals surface area contributed by atoms with Gasteiger partial charge in [0.1, 0.15) is 0 Å². The Morgan fingerprint density at radius 1 is 1.21 bits per heavy atom. The molecule has 1 heteroatoms. The van der Waals surface area contributed by atoms with Crippen LogP contribution in [0.4, 0.5) is 0 Å². The summed E-state index contributed by atoms with van der Waals surface area (Å²) >= 11 is 0. The second-order valence-corrected chi connectivity index (χ2v) is 6.99. The number of fused-ring (bicyclic) bond motifs is 3. The number of hydrogen-bond acceptors (Lipinski definition) is 1. The van der Waals surface area contributed by atoms with Gasteiger partial charge in [0.05, 0.1) is 11.5 Å². The van der Waals surface area contributed by atoms with Crippen LogP contribution in [0.3, 0.4) is 0 Å². The summed E-state index contributed by atoms with van der Waals surface area (Å²) in [5, 5.41) is 9.84. The van der Waals surface area contributed by atoms with Crippen LogP contribution >= 0.6 is 0 Å². The Balaban J connectivity index is 1.64. The van der Waals surface area contributed by atoms with Crippen molar-refractivity contribution in [2.24, 2.45) is 17.8 Å². The van der Waals surface area contributed by atoms with Crippen LogP contribution in [-0.2, 0) is 11.8 Å². The molecule has 0 spiro atoms. The maximum atomic E-state index is 9.84. The predicted molar refractivity (Wildman–Crippen MR) is 75.6 cm³/mol. The van der Waals surface area contributed by atoms with E-state index in [1.165, 1.54) is 36.8 Å². The Kier molecular flexibility index (Phi) is 2.49. The molecule has 4 rings (SSSR count). The van der Waals surface area contributed by atoms with Crippen molar-refractivity contribution in [3.05, 3.63) is 35.4 Å². The molecule has 0 radical (unpaired) electrons. The van der Waals surface area contributed by atoms with Gasteiger partial charge in [0.15, 0.2) is 0 Å². The van der Waals surface area contributed by atoms with Gasteiger partial charge < -0.3 is 0 Å². The van der Waals surface area contributed by atoms with Crippen molar-refractivity contribution in [3.63, 3.8) is 0 Å². The Morgan fingerprint density at radius 3 is 2.84 bits per heavy atom. The predicted octanol–water partition coefficient (Wildman–Crippen LogP) is 4.22.